The molecule has 1 aromatic rings. The summed E-state index contributed by atoms with van der Waals surface area (Å²) in [4.78, 5) is 16.4. The number of rotatable bonds is 8. The lowest BCUT2D eigenvalue weighted by Crippen LogP contribution is -2.46. The quantitative estimate of drug-likeness (QED) is 0.662. The first kappa shape index (κ1) is 19.7. The van der Waals surface area contributed by atoms with Crippen molar-refractivity contribution in [1.29, 1.82) is 0 Å². The third-order valence-corrected chi connectivity index (χ3v) is 4.62. The first-order valence-corrected chi connectivity index (χ1v) is 9.09. The molecule has 3 unspecified atom stereocenters. The summed E-state index contributed by atoms with van der Waals surface area (Å²) in [7, 11) is 4.05. The van der Waals surface area contributed by atoms with Crippen LogP contribution in [0.4, 0.5) is 4.79 Å². The molecule has 0 spiro atoms. The van der Waals surface area contributed by atoms with E-state index in [0.717, 1.165) is 19.5 Å². The molecule has 1 aliphatic rings. The molecule has 0 bridgehead atoms. The van der Waals surface area contributed by atoms with Gasteiger partial charge in [-0.25, -0.2) is 4.79 Å². The van der Waals surface area contributed by atoms with Crippen LogP contribution in [0, 0.1) is 0 Å². The van der Waals surface area contributed by atoms with Crippen LogP contribution in [-0.2, 0) is 6.54 Å². The van der Waals surface area contributed by atoms with Gasteiger partial charge < -0.3 is 20.6 Å². The molecule has 1 fully saturated rings. The molecule has 6 nitrogen and oxygen atoms in total. The van der Waals surface area contributed by atoms with E-state index < -0.39 is 0 Å². The van der Waals surface area contributed by atoms with Crippen LogP contribution < -0.4 is 10.6 Å². The molecule has 1 aromatic carbocycles. The van der Waals surface area contributed by atoms with Gasteiger partial charge in [-0.3, -0.25) is 4.90 Å². The molecule has 1 heterocycles. The van der Waals surface area contributed by atoms with Crippen molar-refractivity contribution in [2.45, 2.75) is 44.5 Å². The van der Waals surface area contributed by atoms with E-state index in [1.165, 1.54) is 5.56 Å². The monoisotopic (exact) mass is 348 g/mol. The first-order valence-electron chi connectivity index (χ1n) is 9.09. The Morgan fingerprint density at radius 2 is 2.08 bits per heavy atom. The zero-order valence-electron chi connectivity index (χ0n) is 15.6. The van der Waals surface area contributed by atoms with Gasteiger partial charge in [0.2, 0.25) is 0 Å². The molecule has 2 amide bonds. The van der Waals surface area contributed by atoms with Gasteiger partial charge in [0.1, 0.15) is 0 Å². The second-order valence-corrected chi connectivity index (χ2v) is 7.31. The maximum atomic E-state index is 12.1. The van der Waals surface area contributed by atoms with E-state index in [4.69, 9.17) is 0 Å². The summed E-state index contributed by atoms with van der Waals surface area (Å²) in [6.07, 6.45) is 1.30. The summed E-state index contributed by atoms with van der Waals surface area (Å²) in [5.74, 6) is 0. The molecule has 1 aliphatic heterocycles. The van der Waals surface area contributed by atoms with Gasteiger partial charge in [-0.1, -0.05) is 30.3 Å². The highest BCUT2D eigenvalue weighted by molar-refractivity contribution is 5.74. The Morgan fingerprint density at radius 1 is 1.36 bits per heavy atom. The van der Waals surface area contributed by atoms with Crippen molar-refractivity contribution >= 4 is 6.03 Å². The number of nitrogens with one attached hydrogen (secondary N) is 2. The zero-order valence-corrected chi connectivity index (χ0v) is 15.6. The van der Waals surface area contributed by atoms with Crippen LogP contribution in [-0.4, -0.2) is 72.9 Å². The van der Waals surface area contributed by atoms with Crippen molar-refractivity contribution in [2.75, 3.05) is 33.7 Å². The number of nitrogens with zero attached hydrogens (tertiary/aromatic N) is 2. The average Bonchev–Trinajstić information content (AvgIpc) is 2.91. The number of carbonyl (C=O) groups is 1. The lowest BCUT2D eigenvalue weighted by molar-refractivity contribution is 0.172. The van der Waals surface area contributed by atoms with Gasteiger partial charge in [-0.15, -0.1) is 0 Å². The average molecular weight is 348 g/mol. The molecule has 0 saturated carbocycles. The highest BCUT2D eigenvalue weighted by Crippen LogP contribution is 2.20. The summed E-state index contributed by atoms with van der Waals surface area (Å²) in [6.45, 7) is 4.97. The molecule has 0 aliphatic carbocycles. The molecule has 3 N–H and O–H groups in total. The van der Waals surface area contributed by atoms with E-state index >= 15 is 0 Å². The first-order chi connectivity index (χ1) is 11.9. The molecule has 6 heteroatoms. The minimum absolute atomic E-state index is 0.132. The Morgan fingerprint density at radius 3 is 2.76 bits per heavy atom. The number of aliphatic hydroxyl groups is 1. The fourth-order valence-corrected chi connectivity index (χ4v) is 3.19. The van der Waals surface area contributed by atoms with E-state index in [1.54, 1.807) is 0 Å². The minimum Gasteiger partial charge on any atom is -0.392 e. The lowest BCUT2D eigenvalue weighted by atomic mass is 10.1. The topological polar surface area (TPSA) is 67.8 Å². The standard InChI is InChI=1S/C19H32N4O2/c1-15(9-10-22(2)3)21-19(25)20-12-17-11-18(24)14-23(17)13-16-7-5-4-6-8-16/h4-8,15,17-18,24H,9-14H2,1-3H3,(H2,20,21,25). The summed E-state index contributed by atoms with van der Waals surface area (Å²) in [5, 5.41) is 15.9. The molecule has 3 atom stereocenters. The van der Waals surface area contributed by atoms with Crippen LogP contribution >= 0.6 is 0 Å². The minimum atomic E-state index is -0.322. The Labute approximate surface area is 151 Å². The van der Waals surface area contributed by atoms with Gasteiger partial charge >= 0.3 is 6.03 Å². The Balaban J connectivity index is 1.76. The second-order valence-electron chi connectivity index (χ2n) is 7.31. The lowest BCUT2D eigenvalue weighted by Gasteiger charge is -2.25. The molecule has 0 radical (unpaired) electrons. The summed E-state index contributed by atoms with van der Waals surface area (Å²) >= 11 is 0. The maximum Gasteiger partial charge on any atom is 0.315 e. The van der Waals surface area contributed by atoms with Crippen LogP contribution in [0.3, 0.4) is 0 Å². The highest BCUT2D eigenvalue weighted by atomic mass is 16.3. The highest BCUT2D eigenvalue weighted by Gasteiger charge is 2.30. The summed E-state index contributed by atoms with van der Waals surface area (Å²) in [5.41, 5.74) is 1.23. The second kappa shape index (κ2) is 9.75. The van der Waals surface area contributed by atoms with Crippen molar-refractivity contribution in [3.05, 3.63) is 35.9 Å². The molecular weight excluding hydrogens is 316 g/mol. The maximum absolute atomic E-state index is 12.1. The smallest absolute Gasteiger partial charge is 0.315 e. The van der Waals surface area contributed by atoms with Gasteiger partial charge in [0.25, 0.3) is 0 Å². The van der Waals surface area contributed by atoms with Gasteiger partial charge in [0, 0.05) is 31.7 Å². The SMILES string of the molecule is CC(CCN(C)C)NC(=O)NCC1CC(O)CN1Cc1ccccc1. The van der Waals surface area contributed by atoms with E-state index in [9.17, 15) is 9.90 Å². The molecule has 0 aromatic heterocycles. The van der Waals surface area contributed by atoms with Crippen LogP contribution in [0.15, 0.2) is 30.3 Å². The predicted molar refractivity (Wildman–Crippen MR) is 100 cm³/mol. The van der Waals surface area contributed by atoms with Gasteiger partial charge in [0.05, 0.1) is 6.10 Å². The predicted octanol–water partition coefficient (Wildman–Crippen LogP) is 1.26. The molecular formula is C19H32N4O2. The summed E-state index contributed by atoms with van der Waals surface area (Å²) < 4.78 is 0. The van der Waals surface area contributed by atoms with E-state index in [-0.39, 0.29) is 24.2 Å². The molecule has 1 saturated heterocycles. The van der Waals surface area contributed by atoms with Crippen molar-refractivity contribution < 1.29 is 9.90 Å². The van der Waals surface area contributed by atoms with Crippen molar-refractivity contribution in [3.63, 3.8) is 0 Å². The van der Waals surface area contributed by atoms with Crippen molar-refractivity contribution in [2.24, 2.45) is 0 Å². The van der Waals surface area contributed by atoms with E-state index in [2.05, 4.69) is 32.6 Å². The van der Waals surface area contributed by atoms with Crippen LogP contribution in [0.2, 0.25) is 0 Å². The number of amides is 2. The summed E-state index contributed by atoms with van der Waals surface area (Å²) in [6, 6.07) is 10.4. The molecule has 25 heavy (non-hydrogen) atoms. The van der Waals surface area contributed by atoms with Gasteiger partial charge in [0.15, 0.2) is 0 Å². The number of carbonyl (C=O) groups excluding carboxylic acids is 1. The number of aliphatic hydroxyl groups excluding tert-OH is 1. The van der Waals surface area contributed by atoms with Crippen LogP contribution in [0.25, 0.3) is 0 Å². The fourth-order valence-electron chi connectivity index (χ4n) is 3.19. The number of β-amino-alcohol motifs (C(OH)–C–C–N with tert-alkyl or cyclic N) is 1. The number of hydrogen-bond donors (Lipinski definition) is 3. The molecule has 140 valence electrons. The third kappa shape index (κ3) is 7.02. The third-order valence-electron chi connectivity index (χ3n) is 4.62. The van der Waals surface area contributed by atoms with Gasteiger partial charge in [-0.2, -0.15) is 0 Å². The number of likely N-dealkylation sites (tertiary alicyclic amines) is 1. The van der Waals surface area contributed by atoms with Gasteiger partial charge in [-0.05, 0) is 46.0 Å². The number of hydrogen-bond acceptors (Lipinski definition) is 4. The molecule has 2 rings (SSSR count). The van der Waals surface area contributed by atoms with E-state index in [1.807, 2.05) is 39.2 Å². The fraction of sp³-hybridized carbons (Fsp3) is 0.632. The van der Waals surface area contributed by atoms with Crippen molar-refractivity contribution in [1.82, 2.24) is 20.4 Å². The number of benzene rings is 1. The normalized spacial score (nSPS) is 22.1. The Bertz CT molecular complexity index is 523. The van der Waals surface area contributed by atoms with E-state index in [0.29, 0.717) is 19.5 Å². The largest absolute Gasteiger partial charge is 0.392 e. The number of urea groups is 1. The Kier molecular flexibility index (Phi) is 7.68. The van der Waals surface area contributed by atoms with Crippen molar-refractivity contribution in [3.8, 4) is 0 Å². The zero-order chi connectivity index (χ0) is 18.2. The van der Waals surface area contributed by atoms with Crippen LogP contribution in [0.5, 0.6) is 0 Å². The van der Waals surface area contributed by atoms with Crippen LogP contribution in [0.1, 0.15) is 25.3 Å². The Hall–Kier alpha value is -1.63.